The molecule has 6 heteroatoms. The van der Waals surface area contributed by atoms with E-state index in [2.05, 4.69) is 4.74 Å². The summed E-state index contributed by atoms with van der Waals surface area (Å²) < 4.78 is 33.1. The Kier molecular flexibility index (Phi) is 2.60. The third-order valence-corrected chi connectivity index (χ3v) is 1.11. The summed E-state index contributed by atoms with van der Waals surface area (Å²) in [6.45, 7) is 0. The van der Waals surface area contributed by atoms with E-state index in [1.54, 1.807) is 0 Å². The van der Waals surface area contributed by atoms with Gasteiger partial charge in [-0.1, -0.05) is 0 Å². The molecule has 0 amide bonds. The summed E-state index contributed by atoms with van der Waals surface area (Å²) in [5.74, 6) is -2.13. The average Bonchev–Trinajstić information content (AvgIpc) is 1.62. The van der Waals surface area contributed by atoms with Gasteiger partial charge in [0.1, 0.15) is 15.9 Å². The number of carbonyl (C=O) groups is 1. The first-order valence-electron chi connectivity index (χ1n) is 1.96. The van der Waals surface area contributed by atoms with Crippen LogP contribution in [-0.4, -0.2) is 31.8 Å². The Morgan fingerprint density at radius 2 is 2.11 bits per heavy atom. The number of carbonyl (C=O) groups excluding carboxylic acids is 1. The number of esters is 1. The first kappa shape index (κ1) is 8.38. The van der Waals surface area contributed by atoms with Gasteiger partial charge in [0.15, 0.2) is 0 Å². The summed E-state index contributed by atoms with van der Waals surface area (Å²) in [6, 6.07) is 0. The predicted octanol–water partition coefficient (Wildman–Crippen LogP) is -1.30. The molecular formula is C3H5O5S-. The van der Waals surface area contributed by atoms with Crippen LogP contribution >= 0.6 is 0 Å². The lowest BCUT2D eigenvalue weighted by Crippen LogP contribution is -2.15. The average molecular weight is 153 g/mol. The molecule has 0 unspecified atom stereocenters. The number of ether oxygens (including phenoxy) is 1. The van der Waals surface area contributed by atoms with Crippen LogP contribution in [0, 0.1) is 0 Å². The van der Waals surface area contributed by atoms with E-state index in [1.165, 1.54) is 0 Å². The van der Waals surface area contributed by atoms with Gasteiger partial charge in [-0.3, -0.25) is 4.79 Å². The maximum Gasteiger partial charge on any atom is 0.319 e. The Hall–Kier alpha value is -0.620. The van der Waals surface area contributed by atoms with E-state index in [0.29, 0.717) is 0 Å². The van der Waals surface area contributed by atoms with E-state index < -0.39 is 21.8 Å². The molecule has 0 aliphatic carbocycles. The smallest absolute Gasteiger partial charge is 0.319 e. The number of hydrogen-bond acceptors (Lipinski definition) is 5. The molecule has 0 aliphatic rings. The van der Waals surface area contributed by atoms with Crippen LogP contribution in [-0.2, 0) is 19.6 Å². The van der Waals surface area contributed by atoms with Gasteiger partial charge in [-0.05, 0) is 0 Å². The third-order valence-electron chi connectivity index (χ3n) is 0.522. The Balaban J connectivity index is 3.91. The molecular weight excluding hydrogens is 148 g/mol. The first-order valence-corrected chi connectivity index (χ1v) is 3.54. The van der Waals surface area contributed by atoms with Gasteiger partial charge in [-0.25, -0.2) is 8.42 Å². The molecule has 0 aromatic rings. The minimum atomic E-state index is -4.46. The second kappa shape index (κ2) is 2.79. The summed E-state index contributed by atoms with van der Waals surface area (Å²) in [5, 5.41) is 0. The van der Waals surface area contributed by atoms with Crippen molar-refractivity contribution in [3.8, 4) is 0 Å². The fourth-order valence-electron chi connectivity index (χ4n) is 0.203. The van der Waals surface area contributed by atoms with Crippen molar-refractivity contribution in [3.63, 3.8) is 0 Å². The molecule has 0 aromatic carbocycles. The minimum absolute atomic E-state index is 1.01. The topological polar surface area (TPSA) is 83.5 Å². The van der Waals surface area contributed by atoms with Crippen LogP contribution in [0.15, 0.2) is 0 Å². The lowest BCUT2D eigenvalue weighted by molar-refractivity contribution is -0.137. The Bertz CT molecular complexity index is 190. The summed E-state index contributed by atoms with van der Waals surface area (Å²) >= 11 is 0. The van der Waals surface area contributed by atoms with Crippen molar-refractivity contribution < 1.29 is 22.5 Å². The van der Waals surface area contributed by atoms with E-state index >= 15 is 0 Å². The highest BCUT2D eigenvalue weighted by molar-refractivity contribution is 7.86. The van der Waals surface area contributed by atoms with Crippen molar-refractivity contribution in [1.82, 2.24) is 0 Å². The molecule has 0 spiro atoms. The van der Waals surface area contributed by atoms with Gasteiger partial charge in [0.2, 0.25) is 0 Å². The van der Waals surface area contributed by atoms with Crippen molar-refractivity contribution in [2.45, 2.75) is 0 Å². The van der Waals surface area contributed by atoms with Crippen LogP contribution in [0.25, 0.3) is 0 Å². The molecule has 0 radical (unpaired) electrons. The standard InChI is InChI=1S/C3H6O5S/c1-8-3(4)2-9(5,6)7/h2H2,1H3,(H,5,6,7)/p-1. The van der Waals surface area contributed by atoms with Crippen molar-refractivity contribution in [3.05, 3.63) is 0 Å². The van der Waals surface area contributed by atoms with Crippen LogP contribution in [0.4, 0.5) is 0 Å². The highest BCUT2D eigenvalue weighted by Gasteiger charge is 2.04. The number of rotatable bonds is 2. The highest BCUT2D eigenvalue weighted by Crippen LogP contribution is 1.82. The van der Waals surface area contributed by atoms with Gasteiger partial charge >= 0.3 is 5.97 Å². The van der Waals surface area contributed by atoms with Crippen molar-refractivity contribution in [2.24, 2.45) is 0 Å². The normalized spacial score (nSPS) is 10.9. The molecule has 0 N–H and O–H groups in total. The van der Waals surface area contributed by atoms with Gasteiger partial charge in [0.05, 0.1) is 7.11 Å². The van der Waals surface area contributed by atoms with Gasteiger partial charge in [-0.2, -0.15) is 0 Å². The molecule has 0 saturated heterocycles. The van der Waals surface area contributed by atoms with Crippen LogP contribution in [0.2, 0.25) is 0 Å². The Morgan fingerprint density at radius 1 is 1.67 bits per heavy atom. The summed E-state index contributed by atoms with van der Waals surface area (Å²) in [7, 11) is -3.45. The molecule has 0 fully saturated rings. The highest BCUT2D eigenvalue weighted by atomic mass is 32.2. The number of hydrogen-bond donors (Lipinski definition) is 0. The van der Waals surface area contributed by atoms with Crippen LogP contribution in [0.3, 0.4) is 0 Å². The lowest BCUT2D eigenvalue weighted by Gasteiger charge is -2.02. The SMILES string of the molecule is COC(=O)CS(=O)(=O)[O-]. The van der Waals surface area contributed by atoms with Gasteiger partial charge in [-0.15, -0.1) is 0 Å². The maximum atomic E-state index is 10.0. The molecule has 5 nitrogen and oxygen atoms in total. The van der Waals surface area contributed by atoms with Crippen molar-refractivity contribution in [1.29, 1.82) is 0 Å². The zero-order valence-corrected chi connectivity index (χ0v) is 5.47. The van der Waals surface area contributed by atoms with E-state index in [4.69, 9.17) is 0 Å². The zero-order chi connectivity index (χ0) is 7.49. The van der Waals surface area contributed by atoms with Gasteiger partial charge in [0.25, 0.3) is 0 Å². The Labute approximate surface area is 52.4 Å². The monoisotopic (exact) mass is 153 g/mol. The molecule has 0 saturated carbocycles. The summed E-state index contributed by atoms with van der Waals surface area (Å²) in [5.41, 5.74) is 0. The van der Waals surface area contributed by atoms with E-state index in [1.807, 2.05) is 0 Å². The zero-order valence-electron chi connectivity index (χ0n) is 4.66. The molecule has 54 valence electrons. The molecule has 0 rings (SSSR count). The molecule has 0 bridgehead atoms. The fourth-order valence-corrected chi connectivity index (χ4v) is 0.610. The fraction of sp³-hybridized carbons (Fsp3) is 0.667. The van der Waals surface area contributed by atoms with Crippen molar-refractivity contribution in [2.75, 3.05) is 12.9 Å². The minimum Gasteiger partial charge on any atom is -0.748 e. The Morgan fingerprint density at radius 3 is 2.22 bits per heavy atom. The van der Waals surface area contributed by atoms with Crippen LogP contribution < -0.4 is 0 Å². The van der Waals surface area contributed by atoms with E-state index in [-0.39, 0.29) is 0 Å². The summed E-state index contributed by atoms with van der Waals surface area (Å²) in [6.07, 6.45) is 0. The molecule has 9 heavy (non-hydrogen) atoms. The second-order valence-electron chi connectivity index (χ2n) is 1.28. The molecule has 0 aliphatic heterocycles. The third kappa shape index (κ3) is 5.25. The van der Waals surface area contributed by atoms with Gasteiger partial charge in [0, 0.05) is 0 Å². The van der Waals surface area contributed by atoms with Crippen LogP contribution in [0.1, 0.15) is 0 Å². The van der Waals surface area contributed by atoms with Crippen LogP contribution in [0.5, 0.6) is 0 Å². The lowest BCUT2D eigenvalue weighted by atomic mass is 10.8. The van der Waals surface area contributed by atoms with E-state index in [0.717, 1.165) is 7.11 Å². The predicted molar refractivity (Wildman–Crippen MR) is 26.6 cm³/mol. The van der Waals surface area contributed by atoms with E-state index in [9.17, 15) is 17.8 Å². The molecule has 0 aromatic heterocycles. The first-order chi connectivity index (χ1) is 3.95. The number of methoxy groups -OCH3 is 1. The van der Waals surface area contributed by atoms with Crippen molar-refractivity contribution >= 4 is 16.1 Å². The second-order valence-corrected chi connectivity index (χ2v) is 2.68. The summed E-state index contributed by atoms with van der Waals surface area (Å²) in [4.78, 5) is 10.0. The molecule has 0 atom stereocenters. The van der Waals surface area contributed by atoms with Gasteiger partial charge < -0.3 is 9.29 Å². The maximum absolute atomic E-state index is 10.0. The largest absolute Gasteiger partial charge is 0.748 e. The molecule has 0 heterocycles. The quantitative estimate of drug-likeness (QED) is 0.364.